The van der Waals surface area contributed by atoms with Crippen molar-refractivity contribution in [1.82, 2.24) is 15.2 Å². The predicted octanol–water partition coefficient (Wildman–Crippen LogP) is 3.24. The number of rotatable bonds is 4. The first-order valence-electron chi connectivity index (χ1n) is 7.03. The highest BCUT2D eigenvalue weighted by molar-refractivity contribution is 7.15. The first-order chi connectivity index (χ1) is 11.1. The third-order valence-electron chi connectivity index (χ3n) is 3.20. The topological polar surface area (TPSA) is 87.7 Å². The molecule has 23 heavy (non-hydrogen) atoms. The molecule has 0 aliphatic heterocycles. The second kappa shape index (κ2) is 6.47. The zero-order valence-corrected chi connectivity index (χ0v) is 13.8. The standard InChI is InChI=1S/C15H13ClN4O2S/c1-2-3-13-19-20-15(23-13)18-14(22)10-7-12(21)17-11-5-4-8(16)6-9(10)11/h4-7H,2-3H2,1H3,(H,17,21)(H,18,20,22). The van der Waals surface area contributed by atoms with Crippen LogP contribution in [0, 0.1) is 0 Å². The van der Waals surface area contributed by atoms with Crippen LogP contribution in [-0.4, -0.2) is 21.1 Å². The molecule has 8 heteroatoms. The van der Waals surface area contributed by atoms with E-state index in [1.807, 2.05) is 6.92 Å². The van der Waals surface area contributed by atoms with Crippen molar-refractivity contribution in [3.05, 3.63) is 50.2 Å². The lowest BCUT2D eigenvalue weighted by Crippen LogP contribution is -2.16. The normalized spacial score (nSPS) is 10.9. The zero-order chi connectivity index (χ0) is 16.4. The molecule has 0 unspecified atom stereocenters. The smallest absolute Gasteiger partial charge is 0.258 e. The first-order valence-corrected chi connectivity index (χ1v) is 8.22. The minimum atomic E-state index is -0.414. The number of nitrogens with zero attached hydrogens (tertiary/aromatic N) is 2. The number of aromatic nitrogens is 3. The predicted molar refractivity (Wildman–Crippen MR) is 91.4 cm³/mol. The molecule has 3 rings (SSSR count). The Labute approximate surface area is 140 Å². The highest BCUT2D eigenvalue weighted by atomic mass is 35.5. The number of anilines is 1. The van der Waals surface area contributed by atoms with Crippen LogP contribution in [0.25, 0.3) is 10.9 Å². The molecule has 6 nitrogen and oxygen atoms in total. The summed E-state index contributed by atoms with van der Waals surface area (Å²) in [6.45, 7) is 2.05. The van der Waals surface area contributed by atoms with Crippen LogP contribution in [0.15, 0.2) is 29.1 Å². The van der Waals surface area contributed by atoms with Gasteiger partial charge in [-0.2, -0.15) is 0 Å². The van der Waals surface area contributed by atoms with E-state index in [1.165, 1.54) is 17.4 Å². The zero-order valence-electron chi connectivity index (χ0n) is 12.2. The molecular weight excluding hydrogens is 336 g/mol. The van der Waals surface area contributed by atoms with Crippen molar-refractivity contribution in [2.24, 2.45) is 0 Å². The maximum Gasteiger partial charge on any atom is 0.258 e. The van der Waals surface area contributed by atoms with E-state index in [0.29, 0.717) is 21.1 Å². The van der Waals surface area contributed by atoms with E-state index < -0.39 is 5.91 Å². The Kier molecular flexibility index (Phi) is 4.40. The number of aromatic amines is 1. The average molecular weight is 349 g/mol. The van der Waals surface area contributed by atoms with Gasteiger partial charge in [0.1, 0.15) is 5.01 Å². The molecule has 0 saturated carbocycles. The van der Waals surface area contributed by atoms with Gasteiger partial charge in [0.25, 0.3) is 5.91 Å². The van der Waals surface area contributed by atoms with Gasteiger partial charge in [0.15, 0.2) is 0 Å². The fourth-order valence-corrected chi connectivity index (χ4v) is 3.21. The van der Waals surface area contributed by atoms with E-state index >= 15 is 0 Å². The second-order valence-electron chi connectivity index (χ2n) is 4.94. The number of nitrogens with one attached hydrogen (secondary N) is 2. The number of hydrogen-bond acceptors (Lipinski definition) is 5. The number of fused-ring (bicyclic) bond motifs is 1. The van der Waals surface area contributed by atoms with Crippen LogP contribution >= 0.6 is 22.9 Å². The van der Waals surface area contributed by atoms with Crippen LogP contribution in [-0.2, 0) is 6.42 Å². The van der Waals surface area contributed by atoms with Gasteiger partial charge in [-0.25, -0.2) is 0 Å². The monoisotopic (exact) mass is 348 g/mol. The quantitative estimate of drug-likeness (QED) is 0.757. The third-order valence-corrected chi connectivity index (χ3v) is 4.33. The van der Waals surface area contributed by atoms with Gasteiger partial charge in [0, 0.05) is 28.4 Å². The number of aryl methyl sites for hydroxylation is 1. The number of benzene rings is 1. The van der Waals surface area contributed by atoms with Crippen molar-refractivity contribution in [3.8, 4) is 0 Å². The number of amides is 1. The van der Waals surface area contributed by atoms with Gasteiger partial charge >= 0.3 is 0 Å². The van der Waals surface area contributed by atoms with E-state index in [4.69, 9.17) is 11.6 Å². The van der Waals surface area contributed by atoms with Crippen LogP contribution in [0.2, 0.25) is 5.02 Å². The van der Waals surface area contributed by atoms with E-state index in [9.17, 15) is 9.59 Å². The molecule has 0 bridgehead atoms. The van der Waals surface area contributed by atoms with E-state index in [0.717, 1.165) is 17.8 Å². The van der Waals surface area contributed by atoms with Gasteiger partial charge in [-0.05, 0) is 24.6 Å². The molecule has 0 aliphatic carbocycles. The lowest BCUT2D eigenvalue weighted by molar-refractivity contribution is 0.102. The van der Waals surface area contributed by atoms with Crippen molar-refractivity contribution in [1.29, 1.82) is 0 Å². The van der Waals surface area contributed by atoms with Crippen LogP contribution in [0.3, 0.4) is 0 Å². The molecular formula is C15H13ClN4O2S. The summed E-state index contributed by atoms with van der Waals surface area (Å²) in [5.41, 5.74) is 0.448. The Bertz CT molecular complexity index is 935. The largest absolute Gasteiger partial charge is 0.322 e. The molecule has 1 amide bonds. The summed E-state index contributed by atoms with van der Waals surface area (Å²) in [4.78, 5) is 26.9. The number of H-pyrrole nitrogens is 1. The van der Waals surface area contributed by atoms with E-state index in [2.05, 4.69) is 20.5 Å². The molecule has 2 N–H and O–H groups in total. The highest BCUT2D eigenvalue weighted by Gasteiger charge is 2.14. The van der Waals surface area contributed by atoms with Gasteiger partial charge in [-0.15, -0.1) is 10.2 Å². The molecule has 0 saturated heterocycles. The van der Waals surface area contributed by atoms with Gasteiger partial charge in [0.05, 0.1) is 5.56 Å². The van der Waals surface area contributed by atoms with Crippen LogP contribution in [0.5, 0.6) is 0 Å². The summed E-state index contributed by atoms with van der Waals surface area (Å²) >= 11 is 7.32. The van der Waals surface area contributed by atoms with Crippen molar-refractivity contribution < 1.29 is 4.79 Å². The number of carbonyl (C=O) groups excluding carboxylic acids is 1. The molecule has 1 aromatic carbocycles. The summed E-state index contributed by atoms with van der Waals surface area (Å²) in [6.07, 6.45) is 1.77. The first kappa shape index (κ1) is 15.6. The molecule has 2 aromatic heterocycles. The molecule has 0 atom stereocenters. The molecule has 3 aromatic rings. The van der Waals surface area contributed by atoms with E-state index in [-0.39, 0.29) is 11.1 Å². The minimum absolute atomic E-state index is 0.249. The van der Waals surface area contributed by atoms with Crippen LogP contribution < -0.4 is 10.9 Å². The molecule has 0 aliphatic rings. The number of hydrogen-bond donors (Lipinski definition) is 2. The lowest BCUT2D eigenvalue weighted by Gasteiger charge is -2.06. The molecule has 0 spiro atoms. The SMILES string of the molecule is CCCc1nnc(NC(=O)c2cc(=O)[nH]c3ccc(Cl)cc23)s1. The van der Waals surface area contributed by atoms with Gasteiger partial charge in [-0.1, -0.05) is 29.9 Å². The van der Waals surface area contributed by atoms with Crippen molar-refractivity contribution in [2.75, 3.05) is 5.32 Å². The number of carbonyl (C=O) groups is 1. The summed E-state index contributed by atoms with van der Waals surface area (Å²) in [5.74, 6) is -0.414. The highest BCUT2D eigenvalue weighted by Crippen LogP contribution is 2.22. The Morgan fingerprint density at radius 2 is 2.17 bits per heavy atom. The van der Waals surface area contributed by atoms with Crippen molar-refractivity contribution in [3.63, 3.8) is 0 Å². The summed E-state index contributed by atoms with van der Waals surface area (Å²) in [6, 6.07) is 6.22. The second-order valence-corrected chi connectivity index (χ2v) is 6.44. The minimum Gasteiger partial charge on any atom is -0.322 e. The maximum absolute atomic E-state index is 12.5. The summed E-state index contributed by atoms with van der Waals surface area (Å²) < 4.78 is 0. The fourth-order valence-electron chi connectivity index (χ4n) is 2.20. The Morgan fingerprint density at radius 3 is 2.96 bits per heavy atom. The number of halogens is 1. The fraction of sp³-hybridized carbons (Fsp3) is 0.200. The van der Waals surface area contributed by atoms with Crippen LogP contribution in [0.1, 0.15) is 28.7 Å². The van der Waals surface area contributed by atoms with Crippen molar-refractivity contribution >= 4 is 44.9 Å². The molecule has 0 radical (unpaired) electrons. The number of pyridine rings is 1. The van der Waals surface area contributed by atoms with Crippen molar-refractivity contribution in [2.45, 2.75) is 19.8 Å². The average Bonchev–Trinajstić information content (AvgIpc) is 2.94. The van der Waals surface area contributed by atoms with E-state index in [1.54, 1.807) is 18.2 Å². The van der Waals surface area contributed by atoms with Crippen LogP contribution in [0.4, 0.5) is 5.13 Å². The van der Waals surface area contributed by atoms with Gasteiger partial charge in [-0.3, -0.25) is 14.9 Å². The Morgan fingerprint density at radius 1 is 1.35 bits per heavy atom. The van der Waals surface area contributed by atoms with Gasteiger partial charge < -0.3 is 4.98 Å². The summed E-state index contributed by atoms with van der Waals surface area (Å²) in [7, 11) is 0. The molecule has 0 fully saturated rings. The lowest BCUT2D eigenvalue weighted by atomic mass is 10.1. The third kappa shape index (κ3) is 3.40. The Balaban J connectivity index is 1.96. The van der Waals surface area contributed by atoms with Gasteiger partial charge in [0.2, 0.25) is 10.7 Å². The molecule has 2 heterocycles. The maximum atomic E-state index is 12.5. The molecule has 118 valence electrons. The summed E-state index contributed by atoms with van der Waals surface area (Å²) in [5, 5.41) is 13.0. The Hall–Kier alpha value is -2.25.